The van der Waals surface area contributed by atoms with E-state index in [1.165, 1.54) is 0 Å². The maximum atomic E-state index is 11.9. The van der Waals surface area contributed by atoms with Gasteiger partial charge in [-0.15, -0.1) is 5.10 Å². The van der Waals surface area contributed by atoms with Crippen LogP contribution >= 0.6 is 0 Å². The number of nitrogens with zero attached hydrogens (tertiary/aromatic N) is 4. The molecule has 0 aliphatic carbocycles. The molecule has 2 heterocycles. The third kappa shape index (κ3) is 2.88. The van der Waals surface area contributed by atoms with Crippen LogP contribution in [0.25, 0.3) is 0 Å². The molecule has 1 aromatic heterocycles. The lowest BCUT2D eigenvalue weighted by molar-refractivity contribution is 0.0942. The number of anilines is 1. The molecule has 0 unspecified atom stereocenters. The number of piperazine rings is 1. The van der Waals surface area contributed by atoms with Gasteiger partial charge in [0.1, 0.15) is 19.1 Å². The number of rotatable bonds is 3. The Morgan fingerprint density at radius 2 is 2.17 bits per heavy atom. The van der Waals surface area contributed by atoms with Gasteiger partial charge in [0.2, 0.25) is 5.95 Å². The summed E-state index contributed by atoms with van der Waals surface area (Å²) in [5.74, 6) is 1.40. The highest BCUT2D eigenvalue weighted by Gasteiger charge is 2.23. The van der Waals surface area contributed by atoms with Crippen molar-refractivity contribution in [2.45, 2.75) is 6.92 Å². The van der Waals surface area contributed by atoms with E-state index in [0.29, 0.717) is 32.1 Å². The van der Waals surface area contributed by atoms with E-state index < -0.39 is 12.8 Å². The molecule has 0 bridgehead atoms. The van der Waals surface area contributed by atoms with Crippen molar-refractivity contribution in [1.82, 2.24) is 20.1 Å². The number of amides is 1. The smallest absolute Gasteiger partial charge is 0.409 e. The maximum Gasteiger partial charge on any atom is 0.409 e. The summed E-state index contributed by atoms with van der Waals surface area (Å²) in [7, 11) is 0. The number of alkyl halides is 1. The Morgan fingerprint density at radius 3 is 2.72 bits per heavy atom. The second kappa shape index (κ2) is 5.65. The molecule has 1 aromatic rings. The summed E-state index contributed by atoms with van der Waals surface area (Å²) in [6, 6.07) is 0. The number of halogens is 1. The first-order valence-corrected chi connectivity index (χ1v) is 5.82. The molecule has 0 saturated carbocycles. The van der Waals surface area contributed by atoms with E-state index in [9.17, 15) is 9.18 Å². The molecule has 18 heavy (non-hydrogen) atoms. The molecule has 1 saturated heterocycles. The first-order chi connectivity index (χ1) is 8.70. The number of ether oxygens (including phenoxy) is 1. The summed E-state index contributed by atoms with van der Waals surface area (Å²) >= 11 is 0. The molecule has 0 atom stereocenters. The van der Waals surface area contributed by atoms with Gasteiger partial charge in [0.15, 0.2) is 0 Å². The van der Waals surface area contributed by atoms with Gasteiger partial charge in [-0.1, -0.05) is 0 Å². The molecular weight excluding hydrogens is 241 g/mol. The largest absolute Gasteiger partial charge is 0.447 e. The molecule has 1 N–H and O–H groups in total. The van der Waals surface area contributed by atoms with E-state index >= 15 is 0 Å². The predicted molar refractivity (Wildman–Crippen MR) is 62.2 cm³/mol. The van der Waals surface area contributed by atoms with Gasteiger partial charge in [-0.05, 0) is 6.92 Å². The number of hydrogen-bond donors (Lipinski definition) is 1. The number of H-pyrrole nitrogens is 1. The maximum absolute atomic E-state index is 11.9. The van der Waals surface area contributed by atoms with Gasteiger partial charge >= 0.3 is 6.09 Å². The second-order valence-corrected chi connectivity index (χ2v) is 4.00. The highest BCUT2D eigenvalue weighted by atomic mass is 19.1. The number of carbonyl (C=O) groups excluding carboxylic acids is 1. The quantitative estimate of drug-likeness (QED) is 0.845. The topological polar surface area (TPSA) is 74.3 Å². The summed E-state index contributed by atoms with van der Waals surface area (Å²) in [5, 5.41) is 6.84. The van der Waals surface area contributed by atoms with Crippen LogP contribution in [0.15, 0.2) is 0 Å². The number of hydrogen-bond acceptors (Lipinski definition) is 5. The van der Waals surface area contributed by atoms with Gasteiger partial charge in [-0.25, -0.2) is 9.18 Å². The fourth-order valence-electron chi connectivity index (χ4n) is 1.78. The Hall–Kier alpha value is -1.86. The fraction of sp³-hybridized carbons (Fsp3) is 0.700. The Bertz CT molecular complexity index is 403. The molecule has 1 amide bonds. The molecule has 1 aliphatic heterocycles. The molecule has 7 nitrogen and oxygen atoms in total. The Balaban J connectivity index is 1.82. The third-order valence-corrected chi connectivity index (χ3v) is 2.71. The molecule has 2 rings (SSSR count). The molecule has 0 spiro atoms. The van der Waals surface area contributed by atoms with Gasteiger partial charge in [-0.2, -0.15) is 4.98 Å². The lowest BCUT2D eigenvalue weighted by Gasteiger charge is -2.33. The van der Waals surface area contributed by atoms with Crippen molar-refractivity contribution in [2.75, 3.05) is 44.4 Å². The standard InChI is InChI=1S/C10H16FN5O2/c1-8-12-9(14-13-8)15-3-5-16(6-4-15)10(17)18-7-2-11/h2-7H2,1H3,(H,12,13,14). The van der Waals surface area contributed by atoms with Gasteiger partial charge < -0.3 is 14.5 Å². The van der Waals surface area contributed by atoms with Crippen molar-refractivity contribution in [3.05, 3.63) is 5.82 Å². The molecule has 1 fully saturated rings. The lowest BCUT2D eigenvalue weighted by Crippen LogP contribution is -2.49. The molecule has 0 aromatic carbocycles. The number of aromatic amines is 1. The van der Waals surface area contributed by atoms with Crippen LogP contribution in [0.2, 0.25) is 0 Å². The first kappa shape index (κ1) is 12.6. The lowest BCUT2D eigenvalue weighted by atomic mass is 10.3. The fourth-order valence-corrected chi connectivity index (χ4v) is 1.78. The van der Waals surface area contributed by atoms with E-state index in [0.717, 1.165) is 5.82 Å². The Morgan fingerprint density at radius 1 is 1.44 bits per heavy atom. The van der Waals surface area contributed by atoms with Crippen LogP contribution in [-0.4, -0.2) is 65.6 Å². The zero-order valence-corrected chi connectivity index (χ0v) is 10.2. The number of aryl methyl sites for hydroxylation is 1. The Labute approximate surface area is 104 Å². The van der Waals surface area contributed by atoms with Gasteiger partial charge in [-0.3, -0.25) is 5.10 Å². The van der Waals surface area contributed by atoms with Crippen LogP contribution in [0, 0.1) is 6.92 Å². The van der Waals surface area contributed by atoms with Crippen LogP contribution < -0.4 is 4.90 Å². The van der Waals surface area contributed by atoms with Crippen molar-refractivity contribution in [3.8, 4) is 0 Å². The van der Waals surface area contributed by atoms with Crippen LogP contribution in [0.3, 0.4) is 0 Å². The van der Waals surface area contributed by atoms with E-state index in [1.807, 2.05) is 11.8 Å². The van der Waals surface area contributed by atoms with E-state index in [2.05, 4.69) is 15.2 Å². The summed E-state index contributed by atoms with van der Waals surface area (Å²) in [6.45, 7) is 3.34. The summed E-state index contributed by atoms with van der Waals surface area (Å²) < 4.78 is 16.6. The molecule has 8 heteroatoms. The zero-order chi connectivity index (χ0) is 13.0. The van der Waals surface area contributed by atoms with Crippen molar-refractivity contribution >= 4 is 12.0 Å². The number of aromatic nitrogens is 3. The number of carbonyl (C=O) groups is 1. The summed E-state index contributed by atoms with van der Waals surface area (Å²) in [4.78, 5) is 19.3. The normalized spacial score (nSPS) is 15.9. The van der Waals surface area contributed by atoms with Crippen molar-refractivity contribution in [3.63, 3.8) is 0 Å². The minimum absolute atomic E-state index is 0.181. The van der Waals surface area contributed by atoms with Crippen molar-refractivity contribution < 1.29 is 13.9 Å². The Kier molecular flexibility index (Phi) is 3.96. The zero-order valence-electron chi connectivity index (χ0n) is 10.2. The summed E-state index contributed by atoms with van der Waals surface area (Å²) in [5.41, 5.74) is 0. The third-order valence-electron chi connectivity index (χ3n) is 2.71. The molecule has 0 radical (unpaired) electrons. The van der Waals surface area contributed by atoms with Crippen LogP contribution in [0.1, 0.15) is 5.82 Å². The molecular formula is C10H16FN5O2. The van der Waals surface area contributed by atoms with E-state index in [1.54, 1.807) is 4.90 Å². The van der Waals surface area contributed by atoms with Crippen LogP contribution in [-0.2, 0) is 4.74 Å². The SMILES string of the molecule is Cc1nc(N2CCN(C(=O)OCCF)CC2)n[nH]1. The average Bonchev–Trinajstić information content (AvgIpc) is 2.83. The molecule has 1 aliphatic rings. The van der Waals surface area contributed by atoms with Gasteiger partial charge in [0.05, 0.1) is 0 Å². The second-order valence-electron chi connectivity index (χ2n) is 4.00. The monoisotopic (exact) mass is 257 g/mol. The van der Waals surface area contributed by atoms with E-state index in [-0.39, 0.29) is 6.61 Å². The predicted octanol–water partition coefficient (Wildman–Crippen LogP) is 0.341. The van der Waals surface area contributed by atoms with Gasteiger partial charge in [0, 0.05) is 26.2 Å². The van der Waals surface area contributed by atoms with Crippen molar-refractivity contribution in [1.29, 1.82) is 0 Å². The summed E-state index contributed by atoms with van der Waals surface area (Å²) in [6.07, 6.45) is -0.460. The minimum Gasteiger partial charge on any atom is -0.447 e. The number of nitrogens with one attached hydrogen (secondary N) is 1. The van der Waals surface area contributed by atoms with Gasteiger partial charge in [0.25, 0.3) is 0 Å². The average molecular weight is 257 g/mol. The van der Waals surface area contributed by atoms with E-state index in [4.69, 9.17) is 4.74 Å². The molecule has 100 valence electrons. The highest BCUT2D eigenvalue weighted by molar-refractivity contribution is 5.68. The van der Waals surface area contributed by atoms with Crippen molar-refractivity contribution in [2.24, 2.45) is 0 Å². The first-order valence-electron chi connectivity index (χ1n) is 5.82. The minimum atomic E-state index is -0.651. The van der Waals surface area contributed by atoms with Crippen LogP contribution in [0.4, 0.5) is 15.1 Å². The van der Waals surface area contributed by atoms with Crippen LogP contribution in [0.5, 0.6) is 0 Å². The highest BCUT2D eigenvalue weighted by Crippen LogP contribution is 2.11.